The Morgan fingerprint density at radius 3 is 2.92 bits per heavy atom. The fraction of sp³-hybridized carbons (Fsp3) is 0.125. The molecule has 0 radical (unpaired) electrons. The van der Waals surface area contributed by atoms with Gasteiger partial charge in [0.05, 0.1) is 30.3 Å². The van der Waals surface area contributed by atoms with Gasteiger partial charge in [-0.1, -0.05) is 0 Å². The first-order valence-electron chi connectivity index (χ1n) is 7.27. The molecule has 0 fully saturated rings. The SMILES string of the molecule is COc1cc([N+](=O)[O-])ccc1NC(=O)c1ccc(Cn2cccn2)o1. The standard InChI is InChI=1S/C16H14N4O5/c1-24-15-9-11(20(22)23)3-5-13(15)18-16(21)14-6-4-12(25-14)10-19-8-2-7-17-19/h2-9H,10H2,1H3,(H,18,21). The molecule has 0 aliphatic rings. The number of furan rings is 1. The molecule has 9 nitrogen and oxygen atoms in total. The van der Waals surface area contributed by atoms with Crippen molar-refractivity contribution in [2.45, 2.75) is 6.54 Å². The highest BCUT2D eigenvalue weighted by atomic mass is 16.6. The van der Waals surface area contributed by atoms with E-state index >= 15 is 0 Å². The summed E-state index contributed by atoms with van der Waals surface area (Å²) in [6.45, 7) is 0.404. The van der Waals surface area contributed by atoms with E-state index in [1.54, 1.807) is 35.3 Å². The molecule has 0 bridgehead atoms. The molecule has 2 heterocycles. The van der Waals surface area contributed by atoms with Crippen LogP contribution in [-0.2, 0) is 6.54 Å². The van der Waals surface area contributed by atoms with E-state index < -0.39 is 10.8 Å². The number of rotatable bonds is 6. The summed E-state index contributed by atoms with van der Waals surface area (Å²) in [5, 5.41) is 17.5. The van der Waals surface area contributed by atoms with Crippen molar-refractivity contribution >= 4 is 17.3 Å². The fourth-order valence-corrected chi connectivity index (χ4v) is 2.22. The number of benzene rings is 1. The van der Waals surface area contributed by atoms with E-state index in [1.165, 1.54) is 25.3 Å². The zero-order valence-corrected chi connectivity index (χ0v) is 13.2. The van der Waals surface area contributed by atoms with Crippen LogP contribution in [0.2, 0.25) is 0 Å². The quantitative estimate of drug-likeness (QED) is 0.544. The summed E-state index contributed by atoms with van der Waals surface area (Å²) in [6.07, 6.45) is 3.43. The number of carbonyl (C=O) groups excluding carboxylic acids is 1. The first kappa shape index (κ1) is 16.2. The highest BCUT2D eigenvalue weighted by Gasteiger charge is 2.16. The maximum Gasteiger partial charge on any atom is 0.291 e. The Bertz CT molecular complexity index is 901. The summed E-state index contributed by atoms with van der Waals surface area (Å²) >= 11 is 0. The number of nitro benzene ring substituents is 1. The molecule has 0 saturated heterocycles. The number of methoxy groups -OCH3 is 1. The predicted molar refractivity (Wildman–Crippen MR) is 87.6 cm³/mol. The van der Waals surface area contributed by atoms with Crippen LogP contribution in [0.3, 0.4) is 0 Å². The average Bonchev–Trinajstić information content (AvgIpc) is 3.27. The smallest absolute Gasteiger partial charge is 0.291 e. The molecule has 1 amide bonds. The monoisotopic (exact) mass is 342 g/mol. The van der Waals surface area contributed by atoms with Crippen LogP contribution in [0, 0.1) is 10.1 Å². The number of nitrogens with zero attached hydrogens (tertiary/aromatic N) is 3. The second-order valence-electron chi connectivity index (χ2n) is 5.07. The summed E-state index contributed by atoms with van der Waals surface area (Å²) in [7, 11) is 1.36. The highest BCUT2D eigenvalue weighted by molar-refractivity contribution is 6.03. The molecule has 25 heavy (non-hydrogen) atoms. The number of nitrogens with one attached hydrogen (secondary N) is 1. The van der Waals surface area contributed by atoms with Gasteiger partial charge in [-0.15, -0.1) is 0 Å². The Morgan fingerprint density at radius 2 is 2.24 bits per heavy atom. The minimum atomic E-state index is -0.539. The van der Waals surface area contributed by atoms with Crippen molar-refractivity contribution < 1.29 is 18.9 Å². The Balaban J connectivity index is 1.74. The molecule has 0 saturated carbocycles. The predicted octanol–water partition coefficient (Wildman–Crippen LogP) is 2.69. The Kier molecular flexibility index (Phi) is 4.46. The van der Waals surface area contributed by atoms with Crippen LogP contribution in [0.1, 0.15) is 16.3 Å². The molecule has 1 aromatic carbocycles. The number of hydrogen-bond donors (Lipinski definition) is 1. The summed E-state index contributed by atoms with van der Waals surface area (Å²) in [6, 6.07) is 8.94. The number of ether oxygens (including phenoxy) is 1. The molecule has 0 aliphatic heterocycles. The van der Waals surface area contributed by atoms with Crippen molar-refractivity contribution in [1.29, 1.82) is 0 Å². The van der Waals surface area contributed by atoms with Crippen LogP contribution in [0.4, 0.5) is 11.4 Å². The Hall–Kier alpha value is -3.62. The minimum Gasteiger partial charge on any atom is -0.494 e. The largest absolute Gasteiger partial charge is 0.494 e. The van der Waals surface area contributed by atoms with E-state index in [9.17, 15) is 14.9 Å². The summed E-state index contributed by atoms with van der Waals surface area (Å²) in [5.74, 6) is 0.386. The second-order valence-corrected chi connectivity index (χ2v) is 5.07. The Morgan fingerprint density at radius 1 is 1.40 bits per heavy atom. The third-order valence-corrected chi connectivity index (χ3v) is 3.41. The third kappa shape index (κ3) is 3.66. The number of hydrogen-bond acceptors (Lipinski definition) is 6. The minimum absolute atomic E-state index is 0.113. The van der Waals surface area contributed by atoms with Crippen LogP contribution in [0.5, 0.6) is 5.75 Å². The molecule has 0 atom stereocenters. The molecule has 0 unspecified atom stereocenters. The fourth-order valence-electron chi connectivity index (χ4n) is 2.22. The van der Waals surface area contributed by atoms with Crippen LogP contribution in [0.25, 0.3) is 0 Å². The molecule has 0 aliphatic carbocycles. The van der Waals surface area contributed by atoms with Crippen molar-refractivity contribution in [3.8, 4) is 5.75 Å². The van der Waals surface area contributed by atoms with Gasteiger partial charge < -0.3 is 14.5 Å². The second kappa shape index (κ2) is 6.87. The van der Waals surface area contributed by atoms with E-state index in [4.69, 9.17) is 9.15 Å². The molecule has 3 rings (SSSR count). The number of aromatic nitrogens is 2. The van der Waals surface area contributed by atoms with Crippen LogP contribution in [0.15, 0.2) is 53.2 Å². The zero-order valence-electron chi connectivity index (χ0n) is 13.2. The van der Waals surface area contributed by atoms with E-state index in [0.29, 0.717) is 18.0 Å². The van der Waals surface area contributed by atoms with Crippen LogP contribution < -0.4 is 10.1 Å². The van der Waals surface area contributed by atoms with Gasteiger partial charge in [-0.25, -0.2) is 0 Å². The molecule has 1 N–H and O–H groups in total. The molecular formula is C16H14N4O5. The normalized spacial score (nSPS) is 10.4. The lowest BCUT2D eigenvalue weighted by atomic mass is 10.2. The van der Waals surface area contributed by atoms with E-state index in [-0.39, 0.29) is 17.2 Å². The van der Waals surface area contributed by atoms with Gasteiger partial charge in [-0.2, -0.15) is 5.10 Å². The van der Waals surface area contributed by atoms with Crippen LogP contribution >= 0.6 is 0 Å². The summed E-state index contributed by atoms with van der Waals surface area (Å²) in [4.78, 5) is 22.6. The number of anilines is 1. The number of nitro groups is 1. The van der Waals surface area contributed by atoms with Gasteiger partial charge in [0.15, 0.2) is 5.76 Å². The Labute approximate surface area is 142 Å². The van der Waals surface area contributed by atoms with Crippen molar-refractivity contribution in [3.05, 3.63) is 70.4 Å². The van der Waals surface area contributed by atoms with Crippen LogP contribution in [-0.4, -0.2) is 27.7 Å². The average molecular weight is 342 g/mol. The number of amides is 1. The molecule has 2 aromatic heterocycles. The molecule has 0 spiro atoms. The number of non-ortho nitro benzene ring substituents is 1. The van der Waals surface area contributed by atoms with Crippen molar-refractivity contribution in [3.63, 3.8) is 0 Å². The van der Waals surface area contributed by atoms with Gasteiger partial charge in [0, 0.05) is 18.5 Å². The van der Waals surface area contributed by atoms with Crippen molar-refractivity contribution in [2.75, 3.05) is 12.4 Å². The van der Waals surface area contributed by atoms with Gasteiger partial charge in [-0.3, -0.25) is 19.6 Å². The highest BCUT2D eigenvalue weighted by Crippen LogP contribution is 2.29. The molecule has 3 aromatic rings. The number of carbonyl (C=O) groups is 1. The lowest BCUT2D eigenvalue weighted by Gasteiger charge is -2.08. The van der Waals surface area contributed by atoms with E-state index in [1.807, 2.05) is 0 Å². The zero-order chi connectivity index (χ0) is 17.8. The van der Waals surface area contributed by atoms with Gasteiger partial charge in [-0.05, 0) is 24.3 Å². The molecular weight excluding hydrogens is 328 g/mol. The summed E-state index contributed by atoms with van der Waals surface area (Å²) in [5.41, 5.74) is 0.178. The molecule has 128 valence electrons. The van der Waals surface area contributed by atoms with E-state index in [2.05, 4.69) is 10.4 Å². The van der Waals surface area contributed by atoms with Crippen molar-refractivity contribution in [2.24, 2.45) is 0 Å². The maximum absolute atomic E-state index is 12.3. The van der Waals surface area contributed by atoms with E-state index in [0.717, 1.165) is 0 Å². The lowest BCUT2D eigenvalue weighted by molar-refractivity contribution is -0.384. The first-order valence-corrected chi connectivity index (χ1v) is 7.27. The lowest BCUT2D eigenvalue weighted by Crippen LogP contribution is -2.12. The summed E-state index contributed by atoms with van der Waals surface area (Å²) < 4.78 is 12.3. The first-order chi connectivity index (χ1) is 12.1. The van der Waals surface area contributed by atoms with Gasteiger partial charge in [0.2, 0.25) is 0 Å². The van der Waals surface area contributed by atoms with Gasteiger partial charge >= 0.3 is 0 Å². The topological polar surface area (TPSA) is 112 Å². The third-order valence-electron chi connectivity index (χ3n) is 3.41. The van der Waals surface area contributed by atoms with Gasteiger partial charge in [0.1, 0.15) is 11.5 Å². The molecule has 9 heteroatoms. The van der Waals surface area contributed by atoms with Gasteiger partial charge in [0.25, 0.3) is 11.6 Å². The van der Waals surface area contributed by atoms with Crippen molar-refractivity contribution in [1.82, 2.24) is 9.78 Å². The maximum atomic E-state index is 12.3.